The lowest BCUT2D eigenvalue weighted by Crippen LogP contribution is -1.97. The van der Waals surface area contributed by atoms with E-state index in [4.69, 9.17) is 13.7 Å². The molecule has 0 unspecified atom stereocenters. The monoisotopic (exact) mass is 330 g/mol. The molecule has 18 heavy (non-hydrogen) atoms. The molecule has 0 heterocycles. The van der Waals surface area contributed by atoms with E-state index in [1.165, 1.54) is 20.8 Å². The summed E-state index contributed by atoms with van der Waals surface area (Å²) in [5.74, 6) is -0.604. The lowest BCUT2D eigenvalue weighted by atomic mass is 11.0. The van der Waals surface area contributed by atoms with Crippen molar-refractivity contribution < 1.29 is 38.9 Å². The van der Waals surface area contributed by atoms with Crippen LogP contribution in [-0.4, -0.2) is 56.2 Å². The Labute approximate surface area is 107 Å². The van der Waals surface area contributed by atoms with Gasteiger partial charge in [-0.15, -0.1) is 0 Å². The number of hydrogen-bond acceptors (Lipinski definition) is 6. The third-order valence-electron chi connectivity index (χ3n) is 1.09. The quantitative estimate of drug-likeness (QED) is 0.588. The van der Waals surface area contributed by atoms with Gasteiger partial charge < -0.3 is 0 Å². The summed E-state index contributed by atoms with van der Waals surface area (Å²) in [5.41, 5.74) is 0. The first kappa shape index (κ1) is 22.9. The van der Waals surface area contributed by atoms with Gasteiger partial charge in [-0.05, 0) is 20.8 Å². The zero-order valence-electron chi connectivity index (χ0n) is 10.1. The SMILES string of the molecule is CCS(=O)(=O)O.CCS(=O)(=O)O.CCS(=O)(=O)O. The Kier molecular flexibility index (Phi) is 12.2. The van der Waals surface area contributed by atoms with E-state index in [0.717, 1.165) is 0 Å². The van der Waals surface area contributed by atoms with Crippen LogP contribution < -0.4 is 0 Å². The van der Waals surface area contributed by atoms with Crippen LogP contribution in [0.4, 0.5) is 0 Å². The lowest BCUT2D eigenvalue weighted by Gasteiger charge is -1.79. The van der Waals surface area contributed by atoms with Gasteiger partial charge in [0, 0.05) is 0 Å². The van der Waals surface area contributed by atoms with Crippen molar-refractivity contribution in [3.63, 3.8) is 0 Å². The molecule has 0 bridgehead atoms. The largest absolute Gasteiger partial charge is 0.286 e. The minimum atomic E-state index is -3.66. The topological polar surface area (TPSA) is 163 Å². The molecule has 9 nitrogen and oxygen atoms in total. The lowest BCUT2D eigenvalue weighted by molar-refractivity contribution is 0.482. The summed E-state index contributed by atoms with van der Waals surface area (Å²) in [6.45, 7) is 4.11. The minimum Gasteiger partial charge on any atom is -0.286 e. The molecule has 0 aliphatic rings. The third kappa shape index (κ3) is 44.8. The molecular weight excluding hydrogens is 312 g/mol. The van der Waals surface area contributed by atoms with Gasteiger partial charge in [0.05, 0.1) is 17.3 Å². The van der Waals surface area contributed by atoms with Gasteiger partial charge in [-0.2, -0.15) is 25.3 Å². The average Bonchev–Trinajstić information content (AvgIpc) is 2.16. The van der Waals surface area contributed by atoms with Crippen molar-refractivity contribution in [3.8, 4) is 0 Å². The fourth-order valence-corrected chi connectivity index (χ4v) is 0. The van der Waals surface area contributed by atoms with Crippen molar-refractivity contribution in [2.75, 3.05) is 17.3 Å². The second kappa shape index (κ2) is 9.63. The van der Waals surface area contributed by atoms with Gasteiger partial charge in [0.2, 0.25) is 0 Å². The number of rotatable bonds is 3. The van der Waals surface area contributed by atoms with Crippen LogP contribution in [0.1, 0.15) is 20.8 Å². The second-order valence-electron chi connectivity index (χ2n) is 2.61. The first-order chi connectivity index (χ1) is 7.68. The fraction of sp³-hybridized carbons (Fsp3) is 1.00. The summed E-state index contributed by atoms with van der Waals surface area (Å²) in [5, 5.41) is 0. The summed E-state index contributed by atoms with van der Waals surface area (Å²) in [6.07, 6.45) is 0. The van der Waals surface area contributed by atoms with E-state index in [1.807, 2.05) is 0 Å². The highest BCUT2D eigenvalue weighted by molar-refractivity contribution is 7.86. The van der Waals surface area contributed by atoms with E-state index in [1.54, 1.807) is 0 Å². The average molecular weight is 330 g/mol. The standard InChI is InChI=1S/3C2H6O3S/c3*1-2-6(3,4)5/h3*2H2,1H3,(H,3,4,5). The predicted molar refractivity (Wildman–Crippen MR) is 66.3 cm³/mol. The van der Waals surface area contributed by atoms with E-state index in [9.17, 15) is 25.3 Å². The van der Waals surface area contributed by atoms with Gasteiger partial charge in [0.15, 0.2) is 0 Å². The molecule has 0 aliphatic carbocycles. The molecule has 0 amide bonds. The molecular formula is C6H18O9S3. The van der Waals surface area contributed by atoms with Gasteiger partial charge >= 0.3 is 0 Å². The second-order valence-corrected chi connectivity index (χ2v) is 7.84. The van der Waals surface area contributed by atoms with Crippen molar-refractivity contribution in [2.45, 2.75) is 20.8 Å². The molecule has 114 valence electrons. The minimum absolute atomic E-state index is 0.201. The third-order valence-corrected chi connectivity index (χ3v) is 3.28. The van der Waals surface area contributed by atoms with E-state index in [-0.39, 0.29) is 17.3 Å². The Morgan fingerprint density at radius 1 is 0.556 bits per heavy atom. The van der Waals surface area contributed by atoms with Crippen LogP contribution in [0.2, 0.25) is 0 Å². The molecule has 0 radical (unpaired) electrons. The first-order valence-corrected chi connectivity index (χ1v) is 9.36. The molecule has 0 aromatic rings. The van der Waals surface area contributed by atoms with Crippen molar-refractivity contribution in [1.82, 2.24) is 0 Å². The summed E-state index contributed by atoms with van der Waals surface area (Å²) in [6, 6.07) is 0. The smallest absolute Gasteiger partial charge is 0.264 e. The van der Waals surface area contributed by atoms with Crippen molar-refractivity contribution in [3.05, 3.63) is 0 Å². The Bertz CT molecular complexity index is 408. The molecule has 0 saturated heterocycles. The van der Waals surface area contributed by atoms with Crippen LogP contribution in [0, 0.1) is 0 Å². The van der Waals surface area contributed by atoms with Gasteiger partial charge in [0.25, 0.3) is 30.4 Å². The summed E-state index contributed by atoms with van der Waals surface area (Å²) >= 11 is 0. The maximum atomic E-state index is 9.56. The Morgan fingerprint density at radius 2 is 0.611 bits per heavy atom. The molecule has 0 aliphatic heterocycles. The van der Waals surface area contributed by atoms with E-state index < -0.39 is 30.4 Å². The highest BCUT2D eigenvalue weighted by Crippen LogP contribution is 1.75. The Hall–Kier alpha value is -0.270. The maximum absolute atomic E-state index is 9.56. The van der Waals surface area contributed by atoms with Crippen molar-refractivity contribution >= 4 is 30.4 Å². The predicted octanol–water partition coefficient (Wildman–Crippen LogP) is -0.318. The van der Waals surface area contributed by atoms with Gasteiger partial charge in [-0.3, -0.25) is 13.7 Å². The molecule has 0 fully saturated rings. The van der Waals surface area contributed by atoms with Crippen LogP contribution in [0.3, 0.4) is 0 Å². The van der Waals surface area contributed by atoms with Crippen molar-refractivity contribution in [1.29, 1.82) is 0 Å². The van der Waals surface area contributed by atoms with Gasteiger partial charge in [-0.1, -0.05) is 0 Å². The number of hydrogen-bond donors (Lipinski definition) is 3. The molecule has 0 atom stereocenters. The van der Waals surface area contributed by atoms with Gasteiger partial charge in [0.1, 0.15) is 0 Å². The summed E-state index contributed by atoms with van der Waals surface area (Å²) in [7, 11) is -11.0. The molecule has 0 rings (SSSR count). The molecule has 0 aromatic carbocycles. The van der Waals surface area contributed by atoms with E-state index in [0.29, 0.717) is 0 Å². The first-order valence-electron chi connectivity index (χ1n) is 4.54. The summed E-state index contributed by atoms with van der Waals surface area (Å²) in [4.78, 5) is 0. The van der Waals surface area contributed by atoms with Crippen LogP contribution >= 0.6 is 0 Å². The maximum Gasteiger partial charge on any atom is 0.264 e. The van der Waals surface area contributed by atoms with Gasteiger partial charge in [-0.25, -0.2) is 0 Å². The zero-order chi connectivity index (χ0) is 15.6. The highest BCUT2D eigenvalue weighted by atomic mass is 32.2. The van der Waals surface area contributed by atoms with E-state index in [2.05, 4.69) is 0 Å². The Morgan fingerprint density at radius 3 is 0.611 bits per heavy atom. The van der Waals surface area contributed by atoms with Crippen LogP contribution in [-0.2, 0) is 30.4 Å². The zero-order valence-corrected chi connectivity index (χ0v) is 12.6. The normalized spacial score (nSPS) is 11.7. The van der Waals surface area contributed by atoms with Crippen molar-refractivity contribution in [2.24, 2.45) is 0 Å². The van der Waals surface area contributed by atoms with Crippen LogP contribution in [0.15, 0.2) is 0 Å². The molecule has 0 spiro atoms. The molecule has 3 N–H and O–H groups in total. The molecule has 12 heteroatoms. The molecule has 0 saturated carbocycles. The van der Waals surface area contributed by atoms with Crippen LogP contribution in [0.5, 0.6) is 0 Å². The summed E-state index contributed by atoms with van der Waals surface area (Å²) < 4.78 is 80.7. The Balaban J connectivity index is -0.000000187. The molecule has 0 aromatic heterocycles. The highest BCUT2D eigenvalue weighted by Gasteiger charge is 1.94. The van der Waals surface area contributed by atoms with E-state index >= 15 is 0 Å². The van der Waals surface area contributed by atoms with Crippen LogP contribution in [0.25, 0.3) is 0 Å². The fourth-order valence-electron chi connectivity index (χ4n) is 0.